The Morgan fingerprint density at radius 2 is 2.00 bits per heavy atom. The molecular formula is C12H16O2. The molecule has 1 rings (SSSR count). The number of hydrogen-bond acceptors (Lipinski definition) is 2. The van der Waals surface area contributed by atoms with E-state index in [2.05, 4.69) is 20.8 Å². The Labute approximate surface area is 84.6 Å². The zero-order valence-corrected chi connectivity index (χ0v) is 8.87. The van der Waals surface area contributed by atoms with Crippen molar-refractivity contribution in [1.29, 1.82) is 0 Å². The summed E-state index contributed by atoms with van der Waals surface area (Å²) in [7, 11) is 0. The lowest BCUT2D eigenvalue weighted by molar-refractivity contribution is 0.0903. The molecule has 0 heterocycles. The third-order valence-corrected chi connectivity index (χ3v) is 2.19. The molecule has 0 aliphatic rings. The van der Waals surface area contributed by atoms with E-state index in [1.165, 1.54) is 0 Å². The minimum atomic E-state index is -0.423. The van der Waals surface area contributed by atoms with Crippen molar-refractivity contribution in [3.63, 3.8) is 0 Å². The minimum Gasteiger partial charge on any atom is -0.388 e. The standard InChI is InChI=1S/C12H16O2/c1-12(2,3)10-6-4-5-9(7-10)11(14)8-13/h4-7,13H,8H2,1-3H3. The van der Waals surface area contributed by atoms with Gasteiger partial charge in [0.05, 0.1) is 0 Å². The number of aliphatic hydroxyl groups is 1. The molecule has 1 aromatic carbocycles. The monoisotopic (exact) mass is 192 g/mol. The van der Waals surface area contributed by atoms with Gasteiger partial charge >= 0.3 is 0 Å². The lowest BCUT2D eigenvalue weighted by Crippen LogP contribution is -2.13. The number of Topliss-reactive ketones (excluding diaryl/α,β-unsaturated/α-hetero) is 1. The van der Waals surface area contributed by atoms with Crippen LogP contribution in [0.2, 0.25) is 0 Å². The summed E-state index contributed by atoms with van der Waals surface area (Å²) in [5.74, 6) is -0.226. The van der Waals surface area contributed by atoms with Crippen LogP contribution in [0.4, 0.5) is 0 Å². The van der Waals surface area contributed by atoms with Crippen molar-refractivity contribution in [3.05, 3.63) is 35.4 Å². The SMILES string of the molecule is CC(C)(C)c1cccc(C(=O)CO)c1. The van der Waals surface area contributed by atoms with Crippen LogP contribution in [0.15, 0.2) is 24.3 Å². The van der Waals surface area contributed by atoms with Crippen LogP contribution >= 0.6 is 0 Å². The summed E-state index contributed by atoms with van der Waals surface area (Å²) in [4.78, 5) is 11.2. The zero-order valence-electron chi connectivity index (χ0n) is 8.87. The predicted octanol–water partition coefficient (Wildman–Crippen LogP) is 2.16. The van der Waals surface area contributed by atoms with E-state index in [-0.39, 0.29) is 11.2 Å². The molecule has 14 heavy (non-hydrogen) atoms. The van der Waals surface area contributed by atoms with Gasteiger partial charge in [0, 0.05) is 5.56 Å². The number of benzene rings is 1. The van der Waals surface area contributed by atoms with Crippen LogP contribution in [0.3, 0.4) is 0 Å². The highest BCUT2D eigenvalue weighted by atomic mass is 16.3. The van der Waals surface area contributed by atoms with E-state index in [0.29, 0.717) is 5.56 Å². The van der Waals surface area contributed by atoms with Crippen LogP contribution in [0.25, 0.3) is 0 Å². The minimum absolute atomic E-state index is 0.0335. The number of ketones is 1. The Balaban J connectivity index is 3.08. The molecule has 0 bridgehead atoms. The molecule has 0 unspecified atom stereocenters. The molecule has 0 amide bonds. The first-order valence-electron chi connectivity index (χ1n) is 4.70. The third-order valence-electron chi connectivity index (χ3n) is 2.19. The van der Waals surface area contributed by atoms with Crippen LogP contribution in [0.1, 0.15) is 36.7 Å². The molecular weight excluding hydrogens is 176 g/mol. The van der Waals surface area contributed by atoms with Gasteiger partial charge in [0.15, 0.2) is 5.78 Å². The third kappa shape index (κ3) is 2.42. The number of aliphatic hydroxyl groups excluding tert-OH is 1. The summed E-state index contributed by atoms with van der Waals surface area (Å²) in [6.07, 6.45) is 0. The summed E-state index contributed by atoms with van der Waals surface area (Å²) in [5, 5.41) is 8.73. The maximum Gasteiger partial charge on any atom is 0.188 e. The molecule has 1 aromatic rings. The van der Waals surface area contributed by atoms with Crippen LogP contribution in [-0.4, -0.2) is 17.5 Å². The molecule has 0 spiro atoms. The van der Waals surface area contributed by atoms with Crippen molar-refractivity contribution in [3.8, 4) is 0 Å². The molecule has 2 heteroatoms. The van der Waals surface area contributed by atoms with E-state index in [1.807, 2.05) is 18.2 Å². The molecule has 0 aliphatic heterocycles. The lowest BCUT2D eigenvalue weighted by Gasteiger charge is -2.19. The van der Waals surface area contributed by atoms with Crippen molar-refractivity contribution in [2.45, 2.75) is 26.2 Å². The maximum atomic E-state index is 11.2. The van der Waals surface area contributed by atoms with Crippen LogP contribution in [0, 0.1) is 0 Å². The molecule has 1 N–H and O–H groups in total. The van der Waals surface area contributed by atoms with Gasteiger partial charge in [0.1, 0.15) is 6.61 Å². The molecule has 0 saturated heterocycles. The smallest absolute Gasteiger partial charge is 0.188 e. The van der Waals surface area contributed by atoms with Gasteiger partial charge in [-0.2, -0.15) is 0 Å². The summed E-state index contributed by atoms with van der Waals surface area (Å²) >= 11 is 0. The first-order chi connectivity index (χ1) is 6.45. The molecule has 0 aromatic heterocycles. The summed E-state index contributed by atoms with van der Waals surface area (Å²) in [6, 6.07) is 7.42. The zero-order chi connectivity index (χ0) is 10.8. The molecule has 0 atom stereocenters. The Morgan fingerprint density at radius 1 is 1.36 bits per heavy atom. The Hall–Kier alpha value is -1.15. The predicted molar refractivity (Wildman–Crippen MR) is 56.6 cm³/mol. The van der Waals surface area contributed by atoms with Gasteiger partial charge < -0.3 is 5.11 Å². The van der Waals surface area contributed by atoms with E-state index >= 15 is 0 Å². The van der Waals surface area contributed by atoms with E-state index < -0.39 is 6.61 Å². The Bertz CT molecular complexity index is 334. The van der Waals surface area contributed by atoms with Gasteiger partial charge in [-0.3, -0.25) is 4.79 Å². The van der Waals surface area contributed by atoms with Crippen LogP contribution in [0.5, 0.6) is 0 Å². The first kappa shape index (κ1) is 10.9. The van der Waals surface area contributed by atoms with Crippen LogP contribution in [-0.2, 0) is 5.41 Å². The van der Waals surface area contributed by atoms with Crippen molar-refractivity contribution in [1.82, 2.24) is 0 Å². The molecule has 0 radical (unpaired) electrons. The highest BCUT2D eigenvalue weighted by molar-refractivity contribution is 5.97. The fourth-order valence-corrected chi connectivity index (χ4v) is 1.25. The van der Waals surface area contributed by atoms with Crippen molar-refractivity contribution in [2.24, 2.45) is 0 Å². The number of hydrogen-bond donors (Lipinski definition) is 1. The van der Waals surface area contributed by atoms with Crippen molar-refractivity contribution >= 4 is 5.78 Å². The average Bonchev–Trinajstić information content (AvgIpc) is 2.15. The van der Waals surface area contributed by atoms with Gasteiger partial charge in [-0.25, -0.2) is 0 Å². The lowest BCUT2D eigenvalue weighted by atomic mass is 9.86. The summed E-state index contributed by atoms with van der Waals surface area (Å²) < 4.78 is 0. The van der Waals surface area contributed by atoms with Gasteiger partial charge in [0.25, 0.3) is 0 Å². The molecule has 0 fully saturated rings. The van der Waals surface area contributed by atoms with E-state index in [0.717, 1.165) is 5.56 Å². The molecule has 2 nitrogen and oxygen atoms in total. The Kier molecular flexibility index (Phi) is 3.06. The van der Waals surface area contributed by atoms with E-state index in [9.17, 15) is 4.79 Å². The second-order valence-electron chi connectivity index (χ2n) is 4.41. The molecule has 0 saturated carbocycles. The average molecular weight is 192 g/mol. The number of rotatable bonds is 2. The molecule has 76 valence electrons. The van der Waals surface area contributed by atoms with Gasteiger partial charge in [-0.1, -0.05) is 39.0 Å². The van der Waals surface area contributed by atoms with E-state index in [1.54, 1.807) is 6.07 Å². The Morgan fingerprint density at radius 3 is 2.50 bits per heavy atom. The highest BCUT2D eigenvalue weighted by Gasteiger charge is 2.14. The molecule has 0 aliphatic carbocycles. The normalized spacial score (nSPS) is 11.4. The first-order valence-corrected chi connectivity index (χ1v) is 4.70. The largest absolute Gasteiger partial charge is 0.388 e. The number of carbonyl (C=O) groups is 1. The van der Waals surface area contributed by atoms with Crippen LogP contribution < -0.4 is 0 Å². The van der Waals surface area contributed by atoms with Crippen molar-refractivity contribution < 1.29 is 9.90 Å². The summed E-state index contributed by atoms with van der Waals surface area (Å²) in [6.45, 7) is 5.86. The van der Waals surface area contributed by atoms with Gasteiger partial charge in [-0.05, 0) is 17.0 Å². The topological polar surface area (TPSA) is 37.3 Å². The second-order valence-corrected chi connectivity index (χ2v) is 4.41. The summed E-state index contributed by atoms with van der Waals surface area (Å²) in [5.41, 5.74) is 1.72. The van der Waals surface area contributed by atoms with Gasteiger partial charge in [0.2, 0.25) is 0 Å². The van der Waals surface area contributed by atoms with Gasteiger partial charge in [-0.15, -0.1) is 0 Å². The highest BCUT2D eigenvalue weighted by Crippen LogP contribution is 2.22. The fraction of sp³-hybridized carbons (Fsp3) is 0.417. The quantitative estimate of drug-likeness (QED) is 0.729. The van der Waals surface area contributed by atoms with E-state index in [4.69, 9.17) is 5.11 Å². The number of carbonyl (C=O) groups excluding carboxylic acids is 1. The fourth-order valence-electron chi connectivity index (χ4n) is 1.25. The van der Waals surface area contributed by atoms with Crippen molar-refractivity contribution in [2.75, 3.05) is 6.61 Å². The maximum absolute atomic E-state index is 11.2. The second kappa shape index (κ2) is 3.93.